The Hall–Kier alpha value is -1.75. The molecule has 0 atom stereocenters. The molecular formula is C19H31N3O2. The molecule has 5 nitrogen and oxygen atoms in total. The number of guanidine groups is 1. The van der Waals surface area contributed by atoms with Crippen molar-refractivity contribution in [1.29, 1.82) is 0 Å². The molecule has 1 saturated heterocycles. The Kier molecular flexibility index (Phi) is 7.37. The smallest absolute Gasteiger partial charge is 0.191 e. The van der Waals surface area contributed by atoms with Crippen molar-refractivity contribution in [2.45, 2.75) is 38.5 Å². The summed E-state index contributed by atoms with van der Waals surface area (Å²) in [7, 11) is 1.82. The number of nitrogens with zero attached hydrogens (tertiary/aromatic N) is 1. The van der Waals surface area contributed by atoms with Crippen molar-refractivity contribution in [3.63, 3.8) is 0 Å². The van der Waals surface area contributed by atoms with Crippen molar-refractivity contribution in [2.75, 3.05) is 40.0 Å². The Morgan fingerprint density at radius 3 is 2.46 bits per heavy atom. The fourth-order valence-corrected chi connectivity index (χ4v) is 3.12. The Labute approximate surface area is 145 Å². The molecule has 1 fully saturated rings. The molecule has 0 bridgehead atoms. The third-order valence-corrected chi connectivity index (χ3v) is 4.59. The minimum absolute atomic E-state index is 0.0762. The van der Waals surface area contributed by atoms with E-state index in [-0.39, 0.29) is 5.41 Å². The van der Waals surface area contributed by atoms with Gasteiger partial charge in [0, 0.05) is 38.8 Å². The molecule has 0 radical (unpaired) electrons. The van der Waals surface area contributed by atoms with E-state index in [1.54, 1.807) is 0 Å². The average Bonchev–Trinajstić information content (AvgIpc) is 2.63. The van der Waals surface area contributed by atoms with E-state index >= 15 is 0 Å². The summed E-state index contributed by atoms with van der Waals surface area (Å²) in [5, 5.41) is 6.85. The van der Waals surface area contributed by atoms with Crippen LogP contribution in [0.3, 0.4) is 0 Å². The van der Waals surface area contributed by atoms with E-state index in [2.05, 4.69) is 46.8 Å². The number of rotatable bonds is 7. The minimum atomic E-state index is 0.0762. The van der Waals surface area contributed by atoms with Crippen molar-refractivity contribution in [3.05, 3.63) is 29.8 Å². The number of hydrogen-bond donors (Lipinski definition) is 2. The van der Waals surface area contributed by atoms with Crippen molar-refractivity contribution in [2.24, 2.45) is 4.99 Å². The first-order valence-electron chi connectivity index (χ1n) is 8.99. The largest absolute Gasteiger partial charge is 0.494 e. The average molecular weight is 333 g/mol. The number of nitrogens with one attached hydrogen (secondary N) is 2. The van der Waals surface area contributed by atoms with Crippen LogP contribution in [0.2, 0.25) is 0 Å². The fourth-order valence-electron chi connectivity index (χ4n) is 3.12. The molecule has 0 aromatic heterocycles. The van der Waals surface area contributed by atoms with Gasteiger partial charge < -0.3 is 20.1 Å². The van der Waals surface area contributed by atoms with Gasteiger partial charge in [-0.15, -0.1) is 0 Å². The molecule has 2 rings (SSSR count). The number of benzene rings is 1. The molecular weight excluding hydrogens is 302 g/mol. The summed E-state index contributed by atoms with van der Waals surface area (Å²) in [4.78, 5) is 4.32. The third kappa shape index (κ3) is 4.87. The zero-order valence-electron chi connectivity index (χ0n) is 15.2. The van der Waals surface area contributed by atoms with Gasteiger partial charge >= 0.3 is 0 Å². The van der Waals surface area contributed by atoms with Crippen LogP contribution in [0, 0.1) is 0 Å². The second-order valence-electron chi connectivity index (χ2n) is 6.20. The highest BCUT2D eigenvalue weighted by Crippen LogP contribution is 2.35. The summed E-state index contributed by atoms with van der Waals surface area (Å²) in [5.41, 5.74) is 1.42. The summed E-state index contributed by atoms with van der Waals surface area (Å²) >= 11 is 0. The van der Waals surface area contributed by atoms with Crippen LogP contribution in [0.1, 0.15) is 38.7 Å². The van der Waals surface area contributed by atoms with Gasteiger partial charge in [-0.1, -0.05) is 19.1 Å². The summed E-state index contributed by atoms with van der Waals surface area (Å²) in [6.45, 7) is 8.24. The van der Waals surface area contributed by atoms with Crippen LogP contribution in [0.4, 0.5) is 0 Å². The zero-order valence-corrected chi connectivity index (χ0v) is 15.2. The first-order chi connectivity index (χ1) is 11.7. The van der Waals surface area contributed by atoms with Crippen molar-refractivity contribution >= 4 is 5.96 Å². The highest BCUT2D eigenvalue weighted by Gasteiger charge is 2.34. The maximum absolute atomic E-state index is 5.61. The lowest BCUT2D eigenvalue weighted by molar-refractivity contribution is 0.0513. The molecule has 1 aliphatic rings. The van der Waals surface area contributed by atoms with E-state index in [0.29, 0.717) is 6.61 Å². The van der Waals surface area contributed by atoms with E-state index in [1.807, 2.05) is 14.0 Å². The highest BCUT2D eigenvalue weighted by molar-refractivity contribution is 5.79. The molecule has 0 saturated carbocycles. The number of ether oxygens (including phenoxy) is 2. The maximum Gasteiger partial charge on any atom is 0.191 e. The fraction of sp³-hybridized carbons (Fsp3) is 0.632. The summed E-state index contributed by atoms with van der Waals surface area (Å²) in [6, 6.07) is 8.53. The van der Waals surface area contributed by atoms with E-state index in [4.69, 9.17) is 9.47 Å². The highest BCUT2D eigenvalue weighted by atomic mass is 16.5. The van der Waals surface area contributed by atoms with Gasteiger partial charge in [-0.3, -0.25) is 4.99 Å². The Balaban J connectivity index is 2.10. The molecule has 5 heteroatoms. The van der Waals surface area contributed by atoms with Gasteiger partial charge in [0.2, 0.25) is 0 Å². The molecule has 0 amide bonds. The predicted octanol–water partition coefficient (Wildman–Crippen LogP) is 2.71. The van der Waals surface area contributed by atoms with Gasteiger partial charge in [0.05, 0.1) is 6.61 Å². The number of aliphatic imine (C=N–C) groups is 1. The SMILES string of the molecule is CCCNC(=NC)NCC1(c2ccc(OCC)cc2)CCOCC1. The third-order valence-electron chi connectivity index (χ3n) is 4.59. The second kappa shape index (κ2) is 9.52. The van der Waals surface area contributed by atoms with Gasteiger partial charge in [-0.05, 0) is 43.9 Å². The van der Waals surface area contributed by atoms with Gasteiger partial charge in [0.1, 0.15) is 5.75 Å². The normalized spacial score (nSPS) is 17.4. The summed E-state index contributed by atoms with van der Waals surface area (Å²) < 4.78 is 11.2. The molecule has 0 spiro atoms. The van der Waals surface area contributed by atoms with Crippen LogP contribution in [0.15, 0.2) is 29.3 Å². The van der Waals surface area contributed by atoms with Gasteiger partial charge in [0.15, 0.2) is 5.96 Å². The summed E-state index contributed by atoms with van der Waals surface area (Å²) in [6.07, 6.45) is 3.11. The van der Waals surface area contributed by atoms with Gasteiger partial charge in [-0.2, -0.15) is 0 Å². The Morgan fingerprint density at radius 2 is 1.88 bits per heavy atom. The maximum atomic E-state index is 5.61. The first kappa shape index (κ1) is 18.6. The molecule has 0 aliphatic carbocycles. The van der Waals surface area contributed by atoms with Crippen molar-refractivity contribution < 1.29 is 9.47 Å². The Morgan fingerprint density at radius 1 is 1.17 bits per heavy atom. The molecule has 0 unspecified atom stereocenters. The predicted molar refractivity (Wildman–Crippen MR) is 99.0 cm³/mol. The van der Waals surface area contributed by atoms with Crippen LogP contribution < -0.4 is 15.4 Å². The quantitative estimate of drug-likeness (QED) is 0.595. The second-order valence-corrected chi connectivity index (χ2v) is 6.20. The lowest BCUT2D eigenvalue weighted by Crippen LogP contribution is -2.48. The molecule has 134 valence electrons. The number of hydrogen-bond acceptors (Lipinski definition) is 3. The van der Waals surface area contributed by atoms with Crippen LogP contribution in [0.5, 0.6) is 5.75 Å². The standard InChI is InChI=1S/C19H31N3O2/c1-4-12-21-18(20-3)22-15-19(10-13-23-14-11-19)16-6-8-17(9-7-16)24-5-2/h6-9H,4-5,10-15H2,1-3H3,(H2,20,21,22). The van der Waals surface area contributed by atoms with Crippen molar-refractivity contribution in [1.82, 2.24) is 10.6 Å². The van der Waals surface area contributed by atoms with Crippen molar-refractivity contribution in [3.8, 4) is 5.75 Å². The van der Waals surface area contributed by atoms with E-state index in [1.165, 1.54) is 5.56 Å². The molecule has 1 aliphatic heterocycles. The lowest BCUT2D eigenvalue weighted by atomic mass is 9.74. The van der Waals surface area contributed by atoms with Gasteiger partial charge in [0.25, 0.3) is 0 Å². The topological polar surface area (TPSA) is 54.9 Å². The van der Waals surface area contributed by atoms with Crippen LogP contribution in [0.25, 0.3) is 0 Å². The lowest BCUT2D eigenvalue weighted by Gasteiger charge is -2.38. The molecule has 2 N–H and O–H groups in total. The van der Waals surface area contributed by atoms with Crippen LogP contribution >= 0.6 is 0 Å². The first-order valence-corrected chi connectivity index (χ1v) is 8.99. The van der Waals surface area contributed by atoms with Crippen LogP contribution in [-0.2, 0) is 10.2 Å². The van der Waals surface area contributed by atoms with E-state index < -0.39 is 0 Å². The Bertz CT molecular complexity index is 508. The molecule has 24 heavy (non-hydrogen) atoms. The monoisotopic (exact) mass is 333 g/mol. The van der Waals surface area contributed by atoms with Gasteiger partial charge in [-0.25, -0.2) is 0 Å². The molecule has 1 aromatic carbocycles. The summed E-state index contributed by atoms with van der Waals surface area (Å²) in [5.74, 6) is 1.80. The molecule has 1 heterocycles. The van der Waals surface area contributed by atoms with Crippen LogP contribution in [-0.4, -0.2) is 45.9 Å². The minimum Gasteiger partial charge on any atom is -0.494 e. The van der Waals surface area contributed by atoms with E-state index in [9.17, 15) is 0 Å². The van der Waals surface area contributed by atoms with E-state index in [0.717, 1.165) is 57.3 Å². The molecule has 1 aromatic rings. The zero-order chi connectivity index (χ0) is 17.3.